The Balaban J connectivity index is 1.37. The van der Waals surface area contributed by atoms with Gasteiger partial charge in [-0.15, -0.1) is 0 Å². The molecule has 0 radical (unpaired) electrons. The molecule has 1 saturated heterocycles. The number of carbonyl (C=O) groups excluding carboxylic acids is 1. The fraction of sp³-hybridized carbons (Fsp3) is 0.704. The van der Waals surface area contributed by atoms with E-state index in [9.17, 15) is 9.90 Å². The van der Waals surface area contributed by atoms with Crippen molar-refractivity contribution in [2.24, 2.45) is 23.7 Å². The molecule has 4 rings (SSSR count). The molecule has 33 heavy (non-hydrogen) atoms. The maximum atomic E-state index is 11.8. The summed E-state index contributed by atoms with van der Waals surface area (Å²) in [5.41, 5.74) is 1.63. The fourth-order valence-corrected chi connectivity index (χ4v) is 6.42. The normalized spacial score (nSPS) is 34.3. The lowest BCUT2D eigenvalue weighted by Crippen LogP contribution is -2.56. The summed E-state index contributed by atoms with van der Waals surface area (Å²) in [4.78, 5) is 20.8. The van der Waals surface area contributed by atoms with E-state index in [2.05, 4.69) is 53.8 Å². The topological polar surface area (TPSA) is 65.9 Å². The van der Waals surface area contributed by atoms with Crippen LogP contribution in [0.1, 0.15) is 52.5 Å². The Bertz CT molecular complexity index is 836. The first-order chi connectivity index (χ1) is 15.8. The molecule has 3 aliphatic rings. The lowest BCUT2D eigenvalue weighted by atomic mass is 9.57. The highest BCUT2D eigenvalue weighted by Crippen LogP contribution is 2.51. The summed E-state index contributed by atoms with van der Waals surface area (Å²) < 4.78 is 5.55. The van der Waals surface area contributed by atoms with Crippen molar-refractivity contribution < 1.29 is 14.6 Å². The number of rotatable bonds is 6. The number of ether oxygens (including phenoxy) is 1. The van der Waals surface area contributed by atoms with Crippen LogP contribution in [0.15, 0.2) is 36.2 Å². The van der Waals surface area contributed by atoms with Crippen molar-refractivity contribution in [1.82, 2.24) is 14.8 Å². The van der Waals surface area contributed by atoms with E-state index in [1.54, 1.807) is 0 Å². The Morgan fingerprint density at radius 3 is 2.55 bits per heavy atom. The minimum atomic E-state index is -0.792. The van der Waals surface area contributed by atoms with Crippen LogP contribution in [0.5, 0.6) is 0 Å². The van der Waals surface area contributed by atoms with E-state index in [-0.39, 0.29) is 23.9 Å². The highest BCUT2D eigenvalue weighted by atomic mass is 16.5. The van der Waals surface area contributed by atoms with E-state index in [0.717, 1.165) is 57.7 Å². The molecule has 1 aromatic heterocycles. The molecule has 6 heteroatoms. The van der Waals surface area contributed by atoms with Crippen molar-refractivity contribution >= 4 is 5.97 Å². The SMILES string of the molecule is CC(=O)O[C@@H]1C[C@@]2(O)[C@H](C)CC[C@@H]([C@H](C)CN3CCN(Cc4ccncc4)CC3)[C@H]2C=C1C. The molecule has 1 saturated carbocycles. The monoisotopic (exact) mass is 455 g/mol. The van der Waals surface area contributed by atoms with Crippen molar-refractivity contribution in [3.8, 4) is 0 Å². The molecule has 6 nitrogen and oxygen atoms in total. The van der Waals surface area contributed by atoms with E-state index >= 15 is 0 Å². The maximum Gasteiger partial charge on any atom is 0.303 e. The van der Waals surface area contributed by atoms with Crippen molar-refractivity contribution in [3.05, 3.63) is 41.7 Å². The summed E-state index contributed by atoms with van der Waals surface area (Å²) in [6.45, 7) is 14.5. The van der Waals surface area contributed by atoms with Crippen LogP contribution in [0.3, 0.4) is 0 Å². The number of aromatic nitrogens is 1. The Hall–Kier alpha value is -1.76. The highest BCUT2D eigenvalue weighted by molar-refractivity contribution is 5.66. The first-order valence-electron chi connectivity index (χ1n) is 12.7. The lowest BCUT2D eigenvalue weighted by Gasteiger charge is -2.53. The zero-order chi connectivity index (χ0) is 23.6. The van der Waals surface area contributed by atoms with Crippen LogP contribution in [0.4, 0.5) is 0 Å². The van der Waals surface area contributed by atoms with E-state index < -0.39 is 5.60 Å². The zero-order valence-electron chi connectivity index (χ0n) is 20.7. The highest BCUT2D eigenvalue weighted by Gasteiger charge is 2.52. The second-order valence-electron chi connectivity index (χ2n) is 10.8. The van der Waals surface area contributed by atoms with Gasteiger partial charge in [-0.2, -0.15) is 0 Å². The summed E-state index contributed by atoms with van der Waals surface area (Å²) in [5.74, 6) is 1.04. The molecule has 0 amide bonds. The summed E-state index contributed by atoms with van der Waals surface area (Å²) in [6.07, 6.45) is 8.39. The predicted octanol–water partition coefficient (Wildman–Crippen LogP) is 3.51. The largest absolute Gasteiger partial charge is 0.458 e. The fourth-order valence-electron chi connectivity index (χ4n) is 6.42. The third-order valence-corrected chi connectivity index (χ3v) is 8.49. The minimum absolute atomic E-state index is 0.135. The standard InChI is InChI=1S/C27H41N3O3/c1-19-15-25-24(6-5-21(3)27(25,32)16-26(19)33-22(4)31)20(2)17-29-11-13-30(14-12-29)18-23-7-9-28-10-8-23/h7-10,15,20-21,24-26,32H,5-6,11-14,16-18H2,1-4H3/t20-,21-,24+,25-,26-,27-/m1/s1. The van der Waals surface area contributed by atoms with Crippen LogP contribution < -0.4 is 0 Å². The Kier molecular flexibility index (Phi) is 7.56. The van der Waals surface area contributed by atoms with Gasteiger partial charge in [-0.1, -0.05) is 19.9 Å². The third kappa shape index (κ3) is 5.50. The lowest BCUT2D eigenvalue weighted by molar-refractivity contribution is -0.159. The molecule has 2 aliphatic carbocycles. The molecule has 0 spiro atoms. The summed E-state index contributed by atoms with van der Waals surface area (Å²) >= 11 is 0. The van der Waals surface area contributed by atoms with Gasteiger partial charge in [0.2, 0.25) is 0 Å². The molecule has 1 aromatic rings. The Morgan fingerprint density at radius 1 is 1.21 bits per heavy atom. The van der Waals surface area contributed by atoms with E-state index in [1.807, 2.05) is 12.4 Å². The van der Waals surface area contributed by atoms with E-state index in [4.69, 9.17) is 4.74 Å². The predicted molar refractivity (Wildman–Crippen MR) is 129 cm³/mol. The molecule has 2 heterocycles. The van der Waals surface area contributed by atoms with Gasteiger partial charge >= 0.3 is 5.97 Å². The summed E-state index contributed by atoms with van der Waals surface area (Å²) in [7, 11) is 0. The molecule has 1 aliphatic heterocycles. The molecule has 0 bridgehead atoms. The first-order valence-corrected chi connectivity index (χ1v) is 12.7. The molecule has 6 atom stereocenters. The van der Waals surface area contributed by atoms with Gasteiger partial charge in [0.05, 0.1) is 5.60 Å². The number of nitrogens with zero attached hydrogens (tertiary/aromatic N) is 3. The molecule has 1 N–H and O–H groups in total. The van der Waals surface area contributed by atoms with Crippen LogP contribution in [-0.2, 0) is 16.1 Å². The van der Waals surface area contributed by atoms with Gasteiger partial charge in [-0.25, -0.2) is 0 Å². The second-order valence-corrected chi connectivity index (χ2v) is 10.8. The van der Waals surface area contributed by atoms with Gasteiger partial charge in [0.1, 0.15) is 6.10 Å². The Morgan fingerprint density at radius 2 is 1.88 bits per heavy atom. The number of piperazine rings is 1. The molecule has 0 aromatic carbocycles. The zero-order valence-corrected chi connectivity index (χ0v) is 20.7. The number of hydrogen-bond donors (Lipinski definition) is 1. The van der Waals surface area contributed by atoms with Crippen molar-refractivity contribution in [3.63, 3.8) is 0 Å². The Labute approximate surface area is 199 Å². The average Bonchev–Trinajstić information content (AvgIpc) is 2.78. The van der Waals surface area contributed by atoms with Gasteiger partial charge in [-0.05, 0) is 60.8 Å². The first kappa shape index (κ1) is 24.4. The molecule has 182 valence electrons. The van der Waals surface area contributed by atoms with Crippen LogP contribution in [0.2, 0.25) is 0 Å². The quantitative estimate of drug-likeness (QED) is 0.523. The molecular formula is C27H41N3O3. The van der Waals surface area contributed by atoms with Crippen LogP contribution in [0, 0.1) is 23.7 Å². The number of pyridine rings is 1. The second kappa shape index (κ2) is 10.2. The number of fused-ring (bicyclic) bond motifs is 1. The minimum Gasteiger partial charge on any atom is -0.458 e. The summed E-state index contributed by atoms with van der Waals surface area (Å²) in [6, 6.07) is 4.21. The smallest absolute Gasteiger partial charge is 0.303 e. The number of carbonyl (C=O) groups is 1. The number of aliphatic hydroxyl groups is 1. The molecule has 0 unspecified atom stereocenters. The molecule has 2 fully saturated rings. The van der Waals surface area contributed by atoms with Crippen LogP contribution >= 0.6 is 0 Å². The molecular weight excluding hydrogens is 414 g/mol. The third-order valence-electron chi connectivity index (χ3n) is 8.49. The van der Waals surface area contributed by atoms with Crippen molar-refractivity contribution in [2.75, 3.05) is 32.7 Å². The van der Waals surface area contributed by atoms with Crippen LogP contribution in [0.25, 0.3) is 0 Å². The van der Waals surface area contributed by atoms with Gasteiger partial charge in [-0.3, -0.25) is 14.7 Å². The van der Waals surface area contributed by atoms with Crippen LogP contribution in [-0.4, -0.2) is 70.3 Å². The van der Waals surface area contributed by atoms with E-state index in [1.165, 1.54) is 12.5 Å². The van der Waals surface area contributed by atoms with Crippen molar-refractivity contribution in [2.45, 2.75) is 65.2 Å². The van der Waals surface area contributed by atoms with Gasteiger partial charge in [0.15, 0.2) is 0 Å². The number of hydrogen-bond acceptors (Lipinski definition) is 6. The van der Waals surface area contributed by atoms with Gasteiger partial charge < -0.3 is 14.7 Å². The van der Waals surface area contributed by atoms with Gasteiger partial charge in [0.25, 0.3) is 0 Å². The van der Waals surface area contributed by atoms with Gasteiger partial charge in [0, 0.05) is 70.9 Å². The van der Waals surface area contributed by atoms with E-state index in [0.29, 0.717) is 18.3 Å². The average molecular weight is 456 g/mol. The van der Waals surface area contributed by atoms with Crippen molar-refractivity contribution in [1.29, 1.82) is 0 Å². The maximum absolute atomic E-state index is 11.8. The summed E-state index contributed by atoms with van der Waals surface area (Å²) in [5, 5.41) is 11.8. The number of esters is 1.